The van der Waals surface area contributed by atoms with E-state index in [0.29, 0.717) is 22.2 Å². The topological polar surface area (TPSA) is 43.1 Å². The lowest BCUT2D eigenvalue weighted by atomic mass is 9.77. The number of halogens is 1. The van der Waals surface area contributed by atoms with Crippen molar-refractivity contribution in [2.45, 2.75) is 39.0 Å². The third-order valence-electron chi connectivity index (χ3n) is 3.94. The van der Waals surface area contributed by atoms with Crippen molar-refractivity contribution in [2.75, 3.05) is 5.73 Å². The van der Waals surface area contributed by atoms with Gasteiger partial charge >= 0.3 is 0 Å². The maximum absolute atomic E-state index is 12.5. The minimum absolute atomic E-state index is 0.154. The highest BCUT2D eigenvalue weighted by atomic mass is 35.5. The first-order chi connectivity index (χ1) is 8.60. The van der Waals surface area contributed by atoms with Gasteiger partial charge in [0.25, 0.3) is 0 Å². The zero-order chi connectivity index (χ0) is 13.1. The van der Waals surface area contributed by atoms with Crippen LogP contribution in [0.4, 0.5) is 5.69 Å². The van der Waals surface area contributed by atoms with Gasteiger partial charge in [-0.1, -0.05) is 37.8 Å². The van der Waals surface area contributed by atoms with E-state index in [9.17, 15) is 4.79 Å². The molecule has 0 aliphatic heterocycles. The normalized spacial score (nSPS) is 23.9. The molecule has 2 N–H and O–H groups in total. The fourth-order valence-corrected chi connectivity index (χ4v) is 3.13. The monoisotopic (exact) mass is 265 g/mol. The van der Waals surface area contributed by atoms with E-state index in [1.165, 1.54) is 12.8 Å². The molecule has 0 saturated heterocycles. The Labute approximate surface area is 114 Å². The molecule has 1 aromatic rings. The Morgan fingerprint density at radius 1 is 1.39 bits per heavy atom. The molecular formula is C15H20ClNO. The van der Waals surface area contributed by atoms with Gasteiger partial charge in [0.2, 0.25) is 0 Å². The maximum atomic E-state index is 12.5. The summed E-state index contributed by atoms with van der Waals surface area (Å²) in [5.41, 5.74) is 6.98. The van der Waals surface area contributed by atoms with Crippen molar-refractivity contribution >= 4 is 23.1 Å². The van der Waals surface area contributed by atoms with Crippen LogP contribution in [0.3, 0.4) is 0 Å². The highest BCUT2D eigenvalue weighted by Crippen LogP contribution is 2.33. The van der Waals surface area contributed by atoms with Gasteiger partial charge in [0.05, 0.1) is 0 Å². The quantitative estimate of drug-likeness (QED) is 0.653. The molecule has 0 amide bonds. The van der Waals surface area contributed by atoms with E-state index in [4.69, 9.17) is 17.3 Å². The molecule has 98 valence electrons. The van der Waals surface area contributed by atoms with Crippen LogP contribution < -0.4 is 5.73 Å². The van der Waals surface area contributed by atoms with Crippen molar-refractivity contribution in [3.05, 3.63) is 28.8 Å². The molecule has 0 spiro atoms. The summed E-state index contributed by atoms with van der Waals surface area (Å²) in [6.07, 6.45) is 5.61. The summed E-state index contributed by atoms with van der Waals surface area (Å²) in [5, 5.41) is 0.543. The number of nitrogens with two attached hydrogens (primary N) is 1. The van der Waals surface area contributed by atoms with Crippen LogP contribution in [0.15, 0.2) is 18.2 Å². The zero-order valence-electron chi connectivity index (χ0n) is 10.8. The van der Waals surface area contributed by atoms with Crippen LogP contribution in [0.25, 0.3) is 0 Å². The van der Waals surface area contributed by atoms with Gasteiger partial charge in [0.1, 0.15) is 0 Å². The number of anilines is 1. The number of ketones is 1. The molecular weight excluding hydrogens is 246 g/mol. The van der Waals surface area contributed by atoms with E-state index in [2.05, 4.69) is 6.92 Å². The Morgan fingerprint density at radius 2 is 2.17 bits per heavy atom. The number of Topliss-reactive ketones (excluding diaryl/α,β-unsaturated/α-hetero) is 1. The second-order valence-corrected chi connectivity index (χ2v) is 5.71. The van der Waals surface area contributed by atoms with E-state index >= 15 is 0 Å². The van der Waals surface area contributed by atoms with E-state index < -0.39 is 0 Å². The Morgan fingerprint density at radius 3 is 2.83 bits per heavy atom. The largest absolute Gasteiger partial charge is 0.399 e. The van der Waals surface area contributed by atoms with Crippen LogP contribution in [0.1, 0.15) is 49.4 Å². The first-order valence-corrected chi connectivity index (χ1v) is 7.08. The van der Waals surface area contributed by atoms with Gasteiger partial charge in [-0.05, 0) is 37.0 Å². The second-order valence-electron chi connectivity index (χ2n) is 5.28. The number of hydrogen-bond donors (Lipinski definition) is 1. The van der Waals surface area contributed by atoms with E-state index in [0.717, 1.165) is 19.3 Å². The number of rotatable bonds is 3. The number of nitrogen functional groups attached to an aromatic ring is 1. The molecule has 0 radical (unpaired) electrons. The van der Waals surface area contributed by atoms with Crippen LogP contribution in [-0.4, -0.2) is 5.78 Å². The first kappa shape index (κ1) is 13.4. The Bertz CT molecular complexity index is 424. The number of carbonyl (C=O) groups is 1. The van der Waals surface area contributed by atoms with E-state index in [1.54, 1.807) is 18.2 Å². The molecule has 1 aliphatic carbocycles. The summed E-state index contributed by atoms with van der Waals surface area (Å²) in [6.45, 7) is 2.20. The molecule has 1 aliphatic rings. The molecule has 2 unspecified atom stereocenters. The summed E-state index contributed by atoms with van der Waals surface area (Å²) in [4.78, 5) is 12.5. The highest BCUT2D eigenvalue weighted by molar-refractivity contribution is 6.31. The van der Waals surface area contributed by atoms with Gasteiger partial charge in [0.15, 0.2) is 5.78 Å². The van der Waals surface area contributed by atoms with E-state index in [-0.39, 0.29) is 11.7 Å². The molecule has 0 heterocycles. The zero-order valence-corrected chi connectivity index (χ0v) is 11.5. The molecule has 2 atom stereocenters. The predicted molar refractivity (Wildman–Crippen MR) is 75.9 cm³/mol. The lowest BCUT2D eigenvalue weighted by Gasteiger charge is -2.27. The predicted octanol–water partition coefficient (Wildman–Crippen LogP) is 4.32. The molecule has 18 heavy (non-hydrogen) atoms. The van der Waals surface area contributed by atoms with Gasteiger partial charge in [-0.2, -0.15) is 0 Å². The molecule has 2 rings (SSSR count). The molecule has 0 aromatic heterocycles. The third kappa shape index (κ3) is 3.05. The number of benzene rings is 1. The van der Waals surface area contributed by atoms with Gasteiger partial charge in [-0.3, -0.25) is 4.79 Å². The van der Waals surface area contributed by atoms with Gasteiger partial charge in [-0.25, -0.2) is 0 Å². The van der Waals surface area contributed by atoms with E-state index in [1.807, 2.05) is 0 Å². The van der Waals surface area contributed by atoms with Crippen molar-refractivity contribution in [1.82, 2.24) is 0 Å². The van der Waals surface area contributed by atoms with Crippen molar-refractivity contribution in [3.8, 4) is 0 Å². The van der Waals surface area contributed by atoms with Crippen molar-refractivity contribution in [3.63, 3.8) is 0 Å². The summed E-state index contributed by atoms with van der Waals surface area (Å²) in [7, 11) is 0. The van der Waals surface area contributed by atoms with Crippen molar-refractivity contribution in [1.29, 1.82) is 0 Å². The second kappa shape index (κ2) is 5.75. The van der Waals surface area contributed by atoms with Crippen LogP contribution in [0.5, 0.6) is 0 Å². The Balaban J connectivity index is 2.15. The summed E-state index contributed by atoms with van der Waals surface area (Å²) >= 11 is 5.96. The Hall–Kier alpha value is -1.02. The lowest BCUT2D eigenvalue weighted by molar-refractivity contribution is 0.0862. The number of hydrogen-bond acceptors (Lipinski definition) is 2. The maximum Gasteiger partial charge on any atom is 0.166 e. The first-order valence-electron chi connectivity index (χ1n) is 6.70. The lowest BCUT2D eigenvalue weighted by Crippen LogP contribution is -2.23. The molecule has 1 fully saturated rings. The van der Waals surface area contributed by atoms with Crippen LogP contribution in [-0.2, 0) is 0 Å². The Kier molecular flexibility index (Phi) is 4.28. The smallest absolute Gasteiger partial charge is 0.166 e. The SMILES string of the molecule is CCC1CCCC(C(=O)c2cc(N)cc(Cl)c2)C1. The van der Waals surface area contributed by atoms with Crippen LogP contribution in [0.2, 0.25) is 5.02 Å². The third-order valence-corrected chi connectivity index (χ3v) is 4.15. The fraction of sp³-hybridized carbons (Fsp3) is 0.533. The minimum Gasteiger partial charge on any atom is -0.399 e. The van der Waals surface area contributed by atoms with Gasteiger partial charge in [0, 0.05) is 22.2 Å². The molecule has 1 aromatic carbocycles. The van der Waals surface area contributed by atoms with Crippen LogP contribution in [0, 0.1) is 11.8 Å². The average Bonchev–Trinajstić information content (AvgIpc) is 2.37. The van der Waals surface area contributed by atoms with Crippen molar-refractivity contribution < 1.29 is 4.79 Å². The van der Waals surface area contributed by atoms with Crippen LogP contribution >= 0.6 is 11.6 Å². The van der Waals surface area contributed by atoms with Gasteiger partial charge in [-0.15, -0.1) is 0 Å². The molecule has 2 nitrogen and oxygen atoms in total. The highest BCUT2D eigenvalue weighted by Gasteiger charge is 2.27. The standard InChI is InChI=1S/C15H20ClNO/c1-2-10-4-3-5-11(6-10)15(18)12-7-13(16)9-14(17)8-12/h7-11H,2-6,17H2,1H3. The van der Waals surface area contributed by atoms with Gasteiger partial charge < -0.3 is 5.73 Å². The number of carbonyl (C=O) groups excluding carboxylic acids is 1. The fourth-order valence-electron chi connectivity index (χ4n) is 2.89. The summed E-state index contributed by atoms with van der Waals surface area (Å²) < 4.78 is 0. The molecule has 3 heteroatoms. The summed E-state index contributed by atoms with van der Waals surface area (Å²) in [5.74, 6) is 1.06. The molecule has 0 bridgehead atoms. The minimum atomic E-state index is 0.154. The summed E-state index contributed by atoms with van der Waals surface area (Å²) in [6, 6.07) is 5.15. The van der Waals surface area contributed by atoms with Crippen molar-refractivity contribution in [2.24, 2.45) is 11.8 Å². The molecule has 1 saturated carbocycles. The average molecular weight is 266 g/mol.